The second-order valence-corrected chi connectivity index (χ2v) is 5.26. The molecular weight excluding hydrogens is 336 g/mol. The second kappa shape index (κ2) is 8.53. The maximum Gasteiger partial charge on any atom is 0.346 e. The quantitative estimate of drug-likeness (QED) is 0.801. The van der Waals surface area contributed by atoms with Crippen LogP contribution in [0.2, 0.25) is 0 Å². The monoisotopic (exact) mass is 354 g/mol. The number of carbonyl (C=O) groups is 2. The number of anilines is 1. The van der Waals surface area contributed by atoms with Crippen LogP contribution in [-0.2, 0) is 9.53 Å². The molecule has 0 unspecified atom stereocenters. The molecule has 0 aliphatic carbocycles. The summed E-state index contributed by atoms with van der Waals surface area (Å²) in [5.41, 5.74) is 1.08. The largest absolute Gasteiger partial charge is 0.496 e. The highest BCUT2D eigenvalue weighted by Gasteiger charge is 2.24. The lowest BCUT2D eigenvalue weighted by Gasteiger charge is -2.16. The molecule has 0 saturated heterocycles. The highest BCUT2D eigenvalue weighted by atomic mass is 16.6. The number of amides is 1. The summed E-state index contributed by atoms with van der Waals surface area (Å²) in [4.78, 5) is 24.7. The highest BCUT2D eigenvalue weighted by Crippen LogP contribution is 2.29. The molecule has 0 spiro atoms. The summed E-state index contributed by atoms with van der Waals surface area (Å²) in [5, 5.41) is 11.4. The van der Waals surface area contributed by atoms with Gasteiger partial charge in [-0.2, -0.15) is 5.26 Å². The van der Waals surface area contributed by atoms with Crippen molar-refractivity contribution in [1.29, 1.82) is 5.26 Å². The van der Waals surface area contributed by atoms with Crippen LogP contribution in [0.3, 0.4) is 0 Å². The molecule has 1 atom stereocenters. The van der Waals surface area contributed by atoms with Gasteiger partial charge < -0.3 is 19.5 Å². The lowest BCUT2D eigenvalue weighted by molar-refractivity contribution is -0.123. The molecule has 134 valence electrons. The number of nitriles is 1. The Kier molecular flexibility index (Phi) is 6.17. The number of carbonyl (C=O) groups excluding carboxylic acids is 2. The molecule has 0 aromatic heterocycles. The number of esters is 1. The summed E-state index contributed by atoms with van der Waals surface area (Å²) in [6, 6.07) is 13.2. The highest BCUT2D eigenvalue weighted by molar-refractivity contribution is 5.99. The van der Waals surface area contributed by atoms with Gasteiger partial charge in [-0.25, -0.2) is 4.79 Å². The lowest BCUT2D eigenvalue weighted by atomic mass is 10.1. The number of nitrogens with zero attached hydrogens (tertiary/aromatic N) is 1. The summed E-state index contributed by atoms with van der Waals surface area (Å²) < 4.78 is 15.6. The summed E-state index contributed by atoms with van der Waals surface area (Å²) >= 11 is 0. The normalized spacial score (nSPS) is 11.0. The van der Waals surface area contributed by atoms with Crippen molar-refractivity contribution < 1.29 is 23.8 Å². The number of benzene rings is 2. The first-order chi connectivity index (χ1) is 12.5. The Morgan fingerprint density at radius 1 is 1.04 bits per heavy atom. The van der Waals surface area contributed by atoms with Gasteiger partial charge >= 0.3 is 5.97 Å². The summed E-state index contributed by atoms with van der Waals surface area (Å²) in [6.07, 6.45) is -1.05. The topological polar surface area (TPSA) is 97.7 Å². The van der Waals surface area contributed by atoms with E-state index >= 15 is 0 Å². The van der Waals surface area contributed by atoms with Crippen molar-refractivity contribution >= 4 is 17.6 Å². The summed E-state index contributed by atoms with van der Waals surface area (Å²) in [6.45, 7) is 1.46. The third kappa shape index (κ3) is 4.30. The maximum atomic E-state index is 12.5. The van der Waals surface area contributed by atoms with Gasteiger partial charge in [0.2, 0.25) is 0 Å². The molecule has 0 saturated carbocycles. The van der Waals surface area contributed by atoms with E-state index in [2.05, 4.69) is 5.32 Å². The fourth-order valence-corrected chi connectivity index (χ4v) is 2.20. The predicted molar refractivity (Wildman–Crippen MR) is 94.2 cm³/mol. The van der Waals surface area contributed by atoms with Gasteiger partial charge in [-0.15, -0.1) is 0 Å². The molecular formula is C19H18N2O5. The van der Waals surface area contributed by atoms with Gasteiger partial charge in [-0.1, -0.05) is 6.07 Å². The minimum absolute atomic E-state index is 0.107. The van der Waals surface area contributed by atoms with Gasteiger partial charge in [0.05, 0.1) is 25.9 Å². The molecule has 7 nitrogen and oxygen atoms in total. The molecule has 0 bridgehead atoms. The Balaban J connectivity index is 2.09. The van der Waals surface area contributed by atoms with Crippen LogP contribution < -0.4 is 14.8 Å². The van der Waals surface area contributed by atoms with Crippen LogP contribution in [0.1, 0.15) is 22.8 Å². The minimum Gasteiger partial charge on any atom is -0.496 e. The van der Waals surface area contributed by atoms with Crippen molar-refractivity contribution in [3.8, 4) is 17.6 Å². The molecule has 2 rings (SSSR count). The fourth-order valence-electron chi connectivity index (χ4n) is 2.20. The maximum absolute atomic E-state index is 12.5. The molecule has 0 radical (unpaired) electrons. The number of hydrogen-bond donors (Lipinski definition) is 1. The molecule has 2 aromatic rings. The van der Waals surface area contributed by atoms with Gasteiger partial charge in [0.25, 0.3) is 5.91 Å². The van der Waals surface area contributed by atoms with Crippen molar-refractivity contribution in [2.24, 2.45) is 0 Å². The van der Waals surface area contributed by atoms with Gasteiger partial charge in [0.1, 0.15) is 17.1 Å². The number of nitrogens with one attached hydrogen (secondary N) is 1. The average molecular weight is 354 g/mol. The van der Waals surface area contributed by atoms with Gasteiger partial charge in [-0.3, -0.25) is 4.79 Å². The van der Waals surface area contributed by atoms with E-state index in [4.69, 9.17) is 19.5 Å². The summed E-state index contributed by atoms with van der Waals surface area (Å²) in [7, 11) is 2.85. The van der Waals surface area contributed by atoms with Crippen LogP contribution >= 0.6 is 0 Å². The van der Waals surface area contributed by atoms with E-state index in [9.17, 15) is 9.59 Å². The van der Waals surface area contributed by atoms with Gasteiger partial charge in [0, 0.05) is 5.69 Å². The fraction of sp³-hybridized carbons (Fsp3) is 0.211. The van der Waals surface area contributed by atoms with Crippen LogP contribution in [0.5, 0.6) is 11.5 Å². The molecule has 2 aromatic carbocycles. The van der Waals surface area contributed by atoms with Gasteiger partial charge in [-0.05, 0) is 43.3 Å². The van der Waals surface area contributed by atoms with Crippen molar-refractivity contribution in [2.75, 3.05) is 19.5 Å². The molecule has 0 aliphatic heterocycles. The number of methoxy groups -OCH3 is 2. The molecule has 0 aliphatic rings. The third-order valence-corrected chi connectivity index (χ3v) is 3.57. The second-order valence-electron chi connectivity index (χ2n) is 5.26. The summed E-state index contributed by atoms with van der Waals surface area (Å²) in [5.74, 6) is -0.665. The van der Waals surface area contributed by atoms with E-state index in [1.54, 1.807) is 42.5 Å². The first kappa shape index (κ1) is 18.8. The Hall–Kier alpha value is -3.53. The number of hydrogen-bond acceptors (Lipinski definition) is 6. The first-order valence-corrected chi connectivity index (χ1v) is 7.73. The van der Waals surface area contributed by atoms with Crippen LogP contribution in [0.15, 0.2) is 42.5 Å². The van der Waals surface area contributed by atoms with E-state index < -0.39 is 18.0 Å². The zero-order chi connectivity index (χ0) is 19.1. The van der Waals surface area contributed by atoms with E-state index in [0.29, 0.717) is 11.3 Å². The van der Waals surface area contributed by atoms with Crippen molar-refractivity contribution in [2.45, 2.75) is 13.0 Å². The van der Waals surface area contributed by atoms with Crippen LogP contribution in [0, 0.1) is 11.3 Å². The molecule has 7 heteroatoms. The van der Waals surface area contributed by atoms with E-state index in [1.165, 1.54) is 21.1 Å². The smallest absolute Gasteiger partial charge is 0.346 e. The minimum atomic E-state index is -1.05. The van der Waals surface area contributed by atoms with E-state index in [0.717, 1.165) is 0 Å². The standard InChI is InChI=1S/C19H18N2O5/c1-12(18(22)21-14-9-7-13(11-20)8-10-14)26-19(23)17-15(24-2)5-4-6-16(17)25-3/h4-10,12H,1-3H3,(H,21,22)/t12-/m1/s1. The Bertz CT molecular complexity index is 818. The first-order valence-electron chi connectivity index (χ1n) is 7.73. The Morgan fingerprint density at radius 2 is 1.62 bits per heavy atom. The molecule has 0 fully saturated rings. The Labute approximate surface area is 151 Å². The number of rotatable bonds is 6. The van der Waals surface area contributed by atoms with Crippen LogP contribution in [0.4, 0.5) is 5.69 Å². The molecule has 0 heterocycles. The molecule has 1 amide bonds. The van der Waals surface area contributed by atoms with Crippen LogP contribution in [-0.4, -0.2) is 32.2 Å². The van der Waals surface area contributed by atoms with Crippen LogP contribution in [0.25, 0.3) is 0 Å². The third-order valence-electron chi connectivity index (χ3n) is 3.57. The zero-order valence-electron chi connectivity index (χ0n) is 14.6. The van der Waals surface area contributed by atoms with Crippen molar-refractivity contribution in [1.82, 2.24) is 0 Å². The SMILES string of the molecule is COc1cccc(OC)c1C(=O)O[C@H](C)C(=O)Nc1ccc(C#N)cc1. The molecule has 1 N–H and O–H groups in total. The van der Waals surface area contributed by atoms with Crippen molar-refractivity contribution in [3.05, 3.63) is 53.6 Å². The number of ether oxygens (including phenoxy) is 3. The Morgan fingerprint density at radius 3 is 2.12 bits per heavy atom. The van der Waals surface area contributed by atoms with E-state index in [-0.39, 0.29) is 17.1 Å². The predicted octanol–water partition coefficient (Wildman–Crippen LogP) is 2.76. The van der Waals surface area contributed by atoms with Gasteiger partial charge in [0.15, 0.2) is 6.10 Å². The average Bonchev–Trinajstić information content (AvgIpc) is 2.67. The molecule has 26 heavy (non-hydrogen) atoms. The lowest BCUT2D eigenvalue weighted by Crippen LogP contribution is -2.30. The van der Waals surface area contributed by atoms with Crippen molar-refractivity contribution in [3.63, 3.8) is 0 Å². The van der Waals surface area contributed by atoms with E-state index in [1.807, 2.05) is 6.07 Å². The zero-order valence-corrected chi connectivity index (χ0v) is 14.6.